The van der Waals surface area contributed by atoms with Crippen molar-refractivity contribution in [2.24, 2.45) is 0 Å². The average Bonchev–Trinajstić information content (AvgIpc) is 2.42. The van der Waals surface area contributed by atoms with E-state index in [2.05, 4.69) is 27.4 Å². The summed E-state index contributed by atoms with van der Waals surface area (Å²) in [5.41, 5.74) is 3.11. The largest absolute Gasteiger partial charge is 0.480 e. The van der Waals surface area contributed by atoms with E-state index in [0.717, 1.165) is 11.3 Å². The lowest BCUT2D eigenvalue weighted by Crippen LogP contribution is -2.20. The molecule has 0 aromatic carbocycles. The molecule has 0 aliphatic heterocycles. The van der Waals surface area contributed by atoms with Gasteiger partial charge in [0, 0.05) is 18.5 Å². The van der Waals surface area contributed by atoms with E-state index in [1.165, 1.54) is 5.56 Å². The molecule has 0 bridgehead atoms. The van der Waals surface area contributed by atoms with Crippen molar-refractivity contribution in [1.29, 1.82) is 0 Å². The Labute approximate surface area is 106 Å². The van der Waals surface area contributed by atoms with Gasteiger partial charge in [0.2, 0.25) is 5.88 Å². The summed E-state index contributed by atoms with van der Waals surface area (Å²) >= 11 is 0. The second kappa shape index (κ2) is 5.55. The highest BCUT2D eigenvalue weighted by atomic mass is 16.5. The molecule has 18 heavy (non-hydrogen) atoms. The van der Waals surface area contributed by atoms with Gasteiger partial charge in [0.1, 0.15) is 0 Å². The number of nitrogens with one attached hydrogen (secondary N) is 1. The molecule has 0 aliphatic rings. The third-order valence-electron chi connectivity index (χ3n) is 2.84. The number of hydrogen-bond acceptors (Lipinski definition) is 5. The molecule has 2 rings (SSSR count). The summed E-state index contributed by atoms with van der Waals surface area (Å²) < 4.78 is 5.01. The summed E-state index contributed by atoms with van der Waals surface area (Å²) in [7, 11) is 3.47. The first-order valence-corrected chi connectivity index (χ1v) is 5.71. The van der Waals surface area contributed by atoms with Crippen LogP contribution in [0.25, 0.3) is 0 Å². The quantitative estimate of drug-likeness (QED) is 0.883. The number of aryl methyl sites for hydroxylation is 1. The fraction of sp³-hybridized carbons (Fsp3) is 0.308. The molecule has 0 fully saturated rings. The van der Waals surface area contributed by atoms with Gasteiger partial charge >= 0.3 is 0 Å². The number of hydrogen-bond donors (Lipinski definition) is 1. The third-order valence-corrected chi connectivity index (χ3v) is 2.84. The Bertz CT molecular complexity index is 513. The lowest BCUT2D eigenvalue weighted by molar-refractivity contribution is 0.390. The van der Waals surface area contributed by atoms with Crippen molar-refractivity contribution in [2.45, 2.75) is 13.0 Å². The first-order chi connectivity index (χ1) is 8.76. The van der Waals surface area contributed by atoms with Gasteiger partial charge in [-0.3, -0.25) is 4.98 Å². The lowest BCUT2D eigenvalue weighted by Gasteiger charge is -2.17. The molecule has 0 radical (unpaired) electrons. The van der Waals surface area contributed by atoms with Crippen LogP contribution in [0, 0.1) is 6.92 Å². The Morgan fingerprint density at radius 2 is 2.06 bits per heavy atom. The Kier molecular flexibility index (Phi) is 3.84. The summed E-state index contributed by atoms with van der Waals surface area (Å²) in [5, 5.41) is 11.4. The lowest BCUT2D eigenvalue weighted by atomic mass is 10.0. The van der Waals surface area contributed by atoms with Crippen LogP contribution in [-0.2, 0) is 0 Å². The molecule has 0 amide bonds. The molecule has 5 nitrogen and oxygen atoms in total. The van der Waals surface area contributed by atoms with Crippen molar-refractivity contribution in [2.75, 3.05) is 14.2 Å². The van der Waals surface area contributed by atoms with Crippen molar-refractivity contribution >= 4 is 0 Å². The first-order valence-electron chi connectivity index (χ1n) is 5.71. The monoisotopic (exact) mass is 244 g/mol. The van der Waals surface area contributed by atoms with Crippen LogP contribution in [0.1, 0.15) is 22.9 Å². The van der Waals surface area contributed by atoms with Crippen LogP contribution >= 0.6 is 0 Å². The van der Waals surface area contributed by atoms with Gasteiger partial charge in [-0.05, 0) is 37.2 Å². The number of nitrogens with zero attached hydrogens (tertiary/aromatic N) is 3. The summed E-state index contributed by atoms with van der Waals surface area (Å²) in [6.45, 7) is 2.05. The molecule has 0 spiro atoms. The topological polar surface area (TPSA) is 59.9 Å². The third kappa shape index (κ3) is 2.46. The molecule has 1 N–H and O–H groups in total. The Morgan fingerprint density at radius 3 is 2.61 bits per heavy atom. The van der Waals surface area contributed by atoms with Crippen LogP contribution in [-0.4, -0.2) is 29.3 Å². The Balaban J connectivity index is 2.36. The molecule has 0 saturated heterocycles. The van der Waals surface area contributed by atoms with E-state index in [4.69, 9.17) is 4.74 Å². The van der Waals surface area contributed by atoms with E-state index in [1.54, 1.807) is 19.4 Å². The van der Waals surface area contributed by atoms with Gasteiger partial charge in [-0.2, -0.15) is 0 Å². The molecular formula is C13H16N4O. The maximum absolute atomic E-state index is 5.01. The summed E-state index contributed by atoms with van der Waals surface area (Å²) in [4.78, 5) is 4.16. The minimum absolute atomic E-state index is 0.0166. The fourth-order valence-electron chi connectivity index (χ4n) is 1.83. The van der Waals surface area contributed by atoms with Gasteiger partial charge in [0.05, 0.1) is 18.8 Å². The number of ether oxygens (including phenoxy) is 1. The summed E-state index contributed by atoms with van der Waals surface area (Å²) in [5.74, 6) is 0.511. The van der Waals surface area contributed by atoms with Gasteiger partial charge in [0.25, 0.3) is 0 Å². The van der Waals surface area contributed by atoms with E-state index < -0.39 is 0 Å². The van der Waals surface area contributed by atoms with E-state index in [-0.39, 0.29) is 6.04 Å². The van der Waals surface area contributed by atoms with Crippen molar-refractivity contribution < 1.29 is 4.74 Å². The van der Waals surface area contributed by atoms with E-state index in [9.17, 15) is 0 Å². The van der Waals surface area contributed by atoms with E-state index in [1.807, 2.05) is 25.4 Å². The van der Waals surface area contributed by atoms with Crippen molar-refractivity contribution in [3.8, 4) is 5.88 Å². The summed E-state index contributed by atoms with van der Waals surface area (Å²) in [6, 6.07) is 5.67. The predicted molar refractivity (Wildman–Crippen MR) is 68.5 cm³/mol. The number of aromatic nitrogens is 3. The maximum Gasteiger partial charge on any atom is 0.233 e. The number of pyridine rings is 1. The smallest absolute Gasteiger partial charge is 0.233 e. The van der Waals surface area contributed by atoms with Crippen LogP contribution < -0.4 is 10.1 Å². The predicted octanol–water partition coefficient (Wildman–Crippen LogP) is 1.50. The Hall–Kier alpha value is -2.01. The average molecular weight is 244 g/mol. The van der Waals surface area contributed by atoms with Gasteiger partial charge in [-0.1, -0.05) is 0 Å². The molecule has 1 atom stereocenters. The SMILES string of the molecule is CNC(c1ccc(OC)nn1)c1cnccc1C. The zero-order chi connectivity index (χ0) is 13.0. The summed E-state index contributed by atoms with van der Waals surface area (Å²) in [6.07, 6.45) is 3.63. The van der Waals surface area contributed by atoms with Gasteiger partial charge in [-0.25, -0.2) is 0 Å². The molecule has 2 aromatic rings. The van der Waals surface area contributed by atoms with Crippen molar-refractivity contribution in [1.82, 2.24) is 20.5 Å². The molecule has 2 aromatic heterocycles. The molecule has 1 unspecified atom stereocenters. The standard InChI is InChI=1S/C13H16N4O/c1-9-6-7-15-8-10(9)13(14-2)11-4-5-12(18-3)17-16-11/h4-8,13-14H,1-3H3. The normalized spacial score (nSPS) is 12.2. The fourth-order valence-corrected chi connectivity index (χ4v) is 1.83. The number of methoxy groups -OCH3 is 1. The minimum atomic E-state index is -0.0166. The molecule has 94 valence electrons. The van der Waals surface area contributed by atoms with Crippen molar-refractivity contribution in [3.63, 3.8) is 0 Å². The van der Waals surface area contributed by atoms with Crippen LogP contribution in [0.2, 0.25) is 0 Å². The molecular weight excluding hydrogens is 228 g/mol. The van der Waals surface area contributed by atoms with Crippen molar-refractivity contribution in [3.05, 3.63) is 47.4 Å². The molecule has 5 heteroatoms. The zero-order valence-corrected chi connectivity index (χ0v) is 10.7. The van der Waals surface area contributed by atoms with E-state index in [0.29, 0.717) is 5.88 Å². The first kappa shape index (κ1) is 12.4. The van der Waals surface area contributed by atoms with Gasteiger partial charge < -0.3 is 10.1 Å². The molecule has 0 saturated carbocycles. The molecule has 0 aliphatic carbocycles. The highest BCUT2D eigenvalue weighted by Crippen LogP contribution is 2.22. The maximum atomic E-state index is 5.01. The minimum Gasteiger partial charge on any atom is -0.480 e. The van der Waals surface area contributed by atoms with Gasteiger partial charge in [0.15, 0.2) is 0 Å². The second-order valence-corrected chi connectivity index (χ2v) is 3.95. The van der Waals surface area contributed by atoms with Gasteiger partial charge in [-0.15, -0.1) is 10.2 Å². The zero-order valence-electron chi connectivity index (χ0n) is 10.7. The van der Waals surface area contributed by atoms with Crippen LogP contribution in [0.3, 0.4) is 0 Å². The Morgan fingerprint density at radius 1 is 1.22 bits per heavy atom. The van der Waals surface area contributed by atoms with Crippen LogP contribution in [0.5, 0.6) is 5.88 Å². The number of rotatable bonds is 4. The highest BCUT2D eigenvalue weighted by molar-refractivity contribution is 5.31. The highest BCUT2D eigenvalue weighted by Gasteiger charge is 2.16. The van der Waals surface area contributed by atoms with Crippen LogP contribution in [0.4, 0.5) is 0 Å². The van der Waals surface area contributed by atoms with E-state index >= 15 is 0 Å². The second-order valence-electron chi connectivity index (χ2n) is 3.95. The molecule has 2 heterocycles. The van der Waals surface area contributed by atoms with Crippen LogP contribution in [0.15, 0.2) is 30.6 Å².